The highest BCUT2D eigenvalue weighted by atomic mass is 16.6. The van der Waals surface area contributed by atoms with Gasteiger partial charge in [-0.3, -0.25) is 4.79 Å². The van der Waals surface area contributed by atoms with E-state index in [1.165, 1.54) is 13.3 Å². The van der Waals surface area contributed by atoms with Gasteiger partial charge in [-0.1, -0.05) is 43.0 Å². The number of nitrogens with zero attached hydrogens (tertiary/aromatic N) is 1. The molecular formula is C26H33N3O6. The maximum atomic E-state index is 12.7. The highest BCUT2D eigenvalue weighted by molar-refractivity contribution is 5.87. The first-order valence-corrected chi connectivity index (χ1v) is 11.1. The van der Waals surface area contributed by atoms with Gasteiger partial charge in [-0.15, -0.1) is 0 Å². The van der Waals surface area contributed by atoms with Crippen LogP contribution >= 0.6 is 0 Å². The lowest BCUT2D eigenvalue weighted by Crippen LogP contribution is -2.49. The van der Waals surface area contributed by atoms with E-state index in [1.54, 1.807) is 45.0 Å². The molecular weight excluding hydrogens is 450 g/mol. The van der Waals surface area contributed by atoms with Crippen LogP contribution in [0.1, 0.15) is 31.9 Å². The lowest BCUT2D eigenvalue weighted by molar-refractivity contribution is -0.124. The molecule has 2 N–H and O–H groups in total. The summed E-state index contributed by atoms with van der Waals surface area (Å²) in [5.41, 5.74) is 3.33. The fraction of sp³-hybridized carbons (Fsp3) is 0.346. The van der Waals surface area contributed by atoms with Crippen LogP contribution in [0.3, 0.4) is 0 Å². The number of methoxy groups -OCH3 is 1. The molecule has 0 aliphatic heterocycles. The van der Waals surface area contributed by atoms with Crippen LogP contribution < -0.4 is 20.2 Å². The van der Waals surface area contributed by atoms with Gasteiger partial charge in [-0.2, -0.15) is 5.10 Å². The van der Waals surface area contributed by atoms with E-state index in [0.29, 0.717) is 23.7 Å². The molecule has 9 nitrogen and oxygen atoms in total. The van der Waals surface area contributed by atoms with Crippen molar-refractivity contribution in [2.75, 3.05) is 20.3 Å². The van der Waals surface area contributed by atoms with Crippen molar-refractivity contribution in [1.82, 2.24) is 10.7 Å². The van der Waals surface area contributed by atoms with Crippen LogP contribution in [-0.2, 0) is 20.9 Å². The fourth-order valence-corrected chi connectivity index (χ4v) is 2.78. The van der Waals surface area contributed by atoms with Crippen LogP contribution in [0.5, 0.6) is 11.5 Å². The Hall–Kier alpha value is -3.85. The highest BCUT2D eigenvalue weighted by Gasteiger charge is 2.24. The summed E-state index contributed by atoms with van der Waals surface area (Å²) in [6.07, 6.45) is 2.35. The summed E-state index contributed by atoms with van der Waals surface area (Å²) < 4.78 is 21.8. The van der Waals surface area contributed by atoms with Crippen LogP contribution in [0.2, 0.25) is 0 Å². The van der Waals surface area contributed by atoms with E-state index in [0.717, 1.165) is 5.56 Å². The molecule has 0 radical (unpaired) electrons. The third-order valence-corrected chi connectivity index (χ3v) is 4.34. The lowest BCUT2D eigenvalue weighted by atomic mass is 10.2. The topological polar surface area (TPSA) is 107 Å². The largest absolute Gasteiger partial charge is 0.493 e. The predicted octanol–water partition coefficient (Wildman–Crippen LogP) is 3.82. The molecule has 9 heteroatoms. The van der Waals surface area contributed by atoms with Crippen LogP contribution in [0, 0.1) is 0 Å². The van der Waals surface area contributed by atoms with Crippen molar-refractivity contribution in [1.29, 1.82) is 0 Å². The van der Waals surface area contributed by atoms with Gasteiger partial charge in [-0.05, 0) is 50.1 Å². The number of hydrazone groups is 1. The number of nitrogens with one attached hydrogen (secondary N) is 2. The summed E-state index contributed by atoms with van der Waals surface area (Å²) in [6.45, 7) is 9.38. The average molecular weight is 484 g/mol. The molecule has 2 aromatic carbocycles. The normalized spacial score (nSPS) is 12.0. The number of amides is 2. The number of rotatable bonds is 12. The molecule has 2 amide bonds. The first-order valence-electron chi connectivity index (χ1n) is 11.1. The van der Waals surface area contributed by atoms with Crippen LogP contribution in [-0.4, -0.2) is 50.2 Å². The molecule has 0 saturated carbocycles. The second-order valence-corrected chi connectivity index (χ2v) is 8.44. The molecule has 0 aliphatic rings. The average Bonchev–Trinajstić information content (AvgIpc) is 2.81. The van der Waals surface area contributed by atoms with Crippen molar-refractivity contribution < 1.29 is 28.5 Å². The molecule has 0 fully saturated rings. The van der Waals surface area contributed by atoms with E-state index < -0.39 is 23.6 Å². The molecule has 0 saturated heterocycles. The zero-order valence-electron chi connectivity index (χ0n) is 20.6. The van der Waals surface area contributed by atoms with Crippen LogP contribution in [0.15, 0.2) is 66.3 Å². The maximum Gasteiger partial charge on any atom is 0.408 e. The van der Waals surface area contributed by atoms with E-state index in [1.807, 2.05) is 30.3 Å². The van der Waals surface area contributed by atoms with Gasteiger partial charge >= 0.3 is 6.09 Å². The SMILES string of the molecule is C=CCOc1ccc(/C=N\NC(=O)[C@H](COCc2ccccc2)NC(=O)OC(C)(C)C)cc1OC. The summed E-state index contributed by atoms with van der Waals surface area (Å²) in [6, 6.07) is 13.7. The zero-order valence-corrected chi connectivity index (χ0v) is 20.6. The number of hydrogen-bond acceptors (Lipinski definition) is 7. The van der Waals surface area contributed by atoms with Gasteiger partial charge in [0.25, 0.3) is 5.91 Å². The van der Waals surface area contributed by atoms with Crippen LogP contribution in [0.25, 0.3) is 0 Å². The Morgan fingerprint density at radius 3 is 2.51 bits per heavy atom. The number of carbonyl (C=O) groups is 2. The van der Waals surface area contributed by atoms with Gasteiger partial charge in [0.2, 0.25) is 0 Å². The Bertz CT molecular complexity index is 1000. The Morgan fingerprint density at radius 1 is 1.11 bits per heavy atom. The van der Waals surface area contributed by atoms with Gasteiger partial charge in [-0.25, -0.2) is 10.2 Å². The maximum absolute atomic E-state index is 12.7. The smallest absolute Gasteiger partial charge is 0.408 e. The quantitative estimate of drug-likeness (QED) is 0.270. The lowest BCUT2D eigenvalue weighted by Gasteiger charge is -2.22. The number of carbonyl (C=O) groups excluding carboxylic acids is 2. The minimum absolute atomic E-state index is 0.0708. The van der Waals surface area contributed by atoms with E-state index >= 15 is 0 Å². The number of hydrogen-bond donors (Lipinski definition) is 2. The van der Waals surface area contributed by atoms with Gasteiger partial charge in [0, 0.05) is 0 Å². The zero-order chi connectivity index (χ0) is 25.7. The predicted molar refractivity (Wildman–Crippen MR) is 134 cm³/mol. The van der Waals surface area contributed by atoms with Crippen molar-refractivity contribution in [2.45, 2.75) is 39.0 Å². The van der Waals surface area contributed by atoms with Crippen molar-refractivity contribution in [3.05, 3.63) is 72.3 Å². The molecule has 1 atom stereocenters. The van der Waals surface area contributed by atoms with E-state index in [2.05, 4.69) is 22.4 Å². The van der Waals surface area contributed by atoms with Gasteiger partial charge in [0.05, 0.1) is 26.5 Å². The monoisotopic (exact) mass is 483 g/mol. The molecule has 0 heterocycles. The number of alkyl carbamates (subject to hydrolysis) is 1. The second kappa shape index (κ2) is 13.8. The molecule has 188 valence electrons. The summed E-state index contributed by atoms with van der Waals surface area (Å²) >= 11 is 0. The molecule has 0 spiro atoms. The summed E-state index contributed by atoms with van der Waals surface area (Å²) in [5, 5.41) is 6.53. The number of benzene rings is 2. The standard InChI is InChI=1S/C26H33N3O6/c1-6-14-34-22-13-12-20(15-23(22)32-5)16-27-29-24(30)21(28-25(31)35-26(2,3)4)18-33-17-19-10-8-7-9-11-19/h6-13,15-16,21H,1,14,17-18H2,2-5H3,(H,28,31)(H,29,30)/b27-16-/t21-/m0/s1. The first kappa shape index (κ1) is 27.4. The Morgan fingerprint density at radius 2 is 1.86 bits per heavy atom. The third kappa shape index (κ3) is 10.3. The second-order valence-electron chi connectivity index (χ2n) is 8.44. The fourth-order valence-electron chi connectivity index (χ4n) is 2.78. The summed E-state index contributed by atoms with van der Waals surface area (Å²) in [7, 11) is 1.53. The molecule has 0 aliphatic carbocycles. The van der Waals surface area contributed by atoms with Crippen molar-refractivity contribution >= 4 is 18.2 Å². The minimum atomic E-state index is -1.02. The molecule has 2 rings (SSSR count). The first-order chi connectivity index (χ1) is 16.7. The van der Waals surface area contributed by atoms with E-state index in [-0.39, 0.29) is 13.2 Å². The van der Waals surface area contributed by atoms with Gasteiger partial charge in [0.15, 0.2) is 11.5 Å². The van der Waals surface area contributed by atoms with E-state index in [4.69, 9.17) is 18.9 Å². The Kier molecular flexibility index (Phi) is 10.8. The van der Waals surface area contributed by atoms with Gasteiger partial charge in [0.1, 0.15) is 18.2 Å². The van der Waals surface area contributed by atoms with Crippen molar-refractivity contribution in [3.63, 3.8) is 0 Å². The van der Waals surface area contributed by atoms with Gasteiger partial charge < -0.3 is 24.3 Å². The summed E-state index contributed by atoms with van der Waals surface area (Å²) in [4.78, 5) is 25.0. The van der Waals surface area contributed by atoms with Crippen molar-refractivity contribution in [3.8, 4) is 11.5 Å². The molecule has 35 heavy (non-hydrogen) atoms. The van der Waals surface area contributed by atoms with Crippen molar-refractivity contribution in [2.24, 2.45) is 5.10 Å². The highest BCUT2D eigenvalue weighted by Crippen LogP contribution is 2.27. The molecule has 2 aromatic rings. The molecule has 0 unspecified atom stereocenters. The summed E-state index contributed by atoms with van der Waals surface area (Å²) in [5.74, 6) is 0.518. The minimum Gasteiger partial charge on any atom is -0.493 e. The Labute approximate surface area is 206 Å². The van der Waals surface area contributed by atoms with Crippen LogP contribution in [0.4, 0.5) is 4.79 Å². The number of ether oxygens (including phenoxy) is 4. The Balaban J connectivity index is 2.02. The van der Waals surface area contributed by atoms with E-state index in [9.17, 15) is 9.59 Å². The molecule has 0 aromatic heterocycles. The molecule has 0 bridgehead atoms. The third-order valence-electron chi connectivity index (χ3n) is 4.34.